The first-order chi connectivity index (χ1) is 18.7. The Hall–Kier alpha value is -3.44. The molecule has 1 fully saturated rings. The number of carbonyl (C=O) groups is 1. The van der Waals surface area contributed by atoms with E-state index >= 15 is 4.39 Å². The largest absolute Gasteiger partial charge is 0.493 e. The van der Waals surface area contributed by atoms with Crippen LogP contribution in [0.3, 0.4) is 0 Å². The lowest BCUT2D eigenvalue weighted by Crippen LogP contribution is -2.56. The van der Waals surface area contributed by atoms with Gasteiger partial charge in [-0.2, -0.15) is 5.10 Å². The molecule has 0 aliphatic carbocycles. The number of hydrogen-bond donors (Lipinski definition) is 2. The standard InChI is InChI=1S/C28H32F3N5O3.ClH/c1-15-14-35(16(2)13-32-15)28(37)19-7-5-17(9-20(19)29)22-12-26-33-21(11-23(27(30)31)36(26)34-22)18-6-8-24(38-3)25(10-18)39-4;/h5-10,12,15-16,21,23,27,32-33H,11,13-14H2,1-4H3;1H/t15-,16+,21?,23?;/m0./s1. The zero-order valence-corrected chi connectivity index (χ0v) is 23.5. The van der Waals surface area contributed by atoms with Gasteiger partial charge in [-0.15, -0.1) is 12.4 Å². The Morgan fingerprint density at radius 2 is 1.82 bits per heavy atom. The molecule has 2 aliphatic heterocycles. The molecule has 8 nitrogen and oxygen atoms in total. The lowest BCUT2D eigenvalue weighted by atomic mass is 9.97. The number of methoxy groups -OCH3 is 2. The number of aromatic nitrogens is 2. The molecule has 2 N–H and O–H groups in total. The molecule has 1 aromatic heterocycles. The van der Waals surface area contributed by atoms with Gasteiger partial charge in [-0.3, -0.25) is 4.79 Å². The Morgan fingerprint density at radius 3 is 2.50 bits per heavy atom. The van der Waals surface area contributed by atoms with Crippen molar-refractivity contribution in [3.05, 3.63) is 59.4 Å². The van der Waals surface area contributed by atoms with Gasteiger partial charge in [0.05, 0.1) is 31.5 Å². The SMILES string of the molecule is COc1ccc(C2CC(C(F)F)n3nc(-c4ccc(C(=O)N5C[C@H](C)NC[C@H]5C)c(F)c4)cc3N2)cc1OC.Cl. The molecule has 3 heterocycles. The fourth-order valence-electron chi connectivity index (χ4n) is 5.28. The van der Waals surface area contributed by atoms with Crippen LogP contribution in [0.2, 0.25) is 0 Å². The number of halogens is 4. The van der Waals surface area contributed by atoms with E-state index in [4.69, 9.17) is 9.47 Å². The molecule has 5 rings (SSSR count). The summed E-state index contributed by atoms with van der Waals surface area (Å²) in [6.45, 7) is 5.01. The second kappa shape index (κ2) is 12.0. The third kappa shape index (κ3) is 5.57. The van der Waals surface area contributed by atoms with Gasteiger partial charge in [0, 0.05) is 36.8 Å². The molecule has 1 saturated heterocycles. The summed E-state index contributed by atoms with van der Waals surface area (Å²) in [4.78, 5) is 14.8. The monoisotopic (exact) mass is 579 g/mol. The fraction of sp³-hybridized carbons (Fsp3) is 0.429. The molecular weight excluding hydrogens is 547 g/mol. The van der Waals surface area contributed by atoms with E-state index in [2.05, 4.69) is 15.7 Å². The normalized spacial score (nSPS) is 22.2. The third-order valence-corrected chi connectivity index (χ3v) is 7.47. The van der Waals surface area contributed by atoms with Crippen molar-refractivity contribution in [1.29, 1.82) is 0 Å². The predicted octanol–water partition coefficient (Wildman–Crippen LogP) is 5.31. The van der Waals surface area contributed by atoms with Crippen molar-refractivity contribution in [3.63, 3.8) is 0 Å². The highest BCUT2D eigenvalue weighted by atomic mass is 35.5. The molecule has 2 aromatic carbocycles. The van der Waals surface area contributed by atoms with Crippen LogP contribution >= 0.6 is 12.4 Å². The molecule has 2 aliphatic rings. The summed E-state index contributed by atoms with van der Waals surface area (Å²) in [5.74, 6) is 0.384. The summed E-state index contributed by atoms with van der Waals surface area (Å²) < 4.78 is 55.5. The van der Waals surface area contributed by atoms with Crippen molar-refractivity contribution >= 4 is 24.1 Å². The van der Waals surface area contributed by atoms with Gasteiger partial charge in [0.15, 0.2) is 11.5 Å². The molecule has 0 radical (unpaired) electrons. The highest BCUT2D eigenvalue weighted by Gasteiger charge is 2.35. The Balaban J connectivity index is 0.00000370. The van der Waals surface area contributed by atoms with Crippen molar-refractivity contribution in [2.24, 2.45) is 0 Å². The summed E-state index contributed by atoms with van der Waals surface area (Å²) >= 11 is 0. The molecule has 2 unspecified atom stereocenters. The summed E-state index contributed by atoms with van der Waals surface area (Å²) in [5.41, 5.74) is 1.46. The molecular formula is C28H33ClF3N5O3. The topological polar surface area (TPSA) is 80.7 Å². The molecule has 12 heteroatoms. The van der Waals surface area contributed by atoms with Crippen LogP contribution in [0.25, 0.3) is 11.3 Å². The van der Waals surface area contributed by atoms with Crippen LogP contribution in [-0.4, -0.2) is 66.4 Å². The smallest absolute Gasteiger partial charge is 0.260 e. The number of fused-ring (bicyclic) bond motifs is 1. The van der Waals surface area contributed by atoms with Gasteiger partial charge in [0.25, 0.3) is 12.3 Å². The molecule has 1 amide bonds. The first-order valence-electron chi connectivity index (χ1n) is 12.9. The highest BCUT2D eigenvalue weighted by Crippen LogP contribution is 2.41. The Kier molecular flexibility index (Phi) is 8.84. The van der Waals surface area contributed by atoms with Gasteiger partial charge < -0.3 is 25.0 Å². The average Bonchev–Trinajstić information content (AvgIpc) is 3.37. The molecule has 3 aromatic rings. The van der Waals surface area contributed by atoms with Crippen LogP contribution < -0.4 is 20.1 Å². The van der Waals surface area contributed by atoms with E-state index in [0.29, 0.717) is 41.7 Å². The lowest BCUT2D eigenvalue weighted by molar-refractivity contribution is 0.0611. The van der Waals surface area contributed by atoms with Crippen LogP contribution in [0, 0.1) is 5.82 Å². The lowest BCUT2D eigenvalue weighted by Gasteiger charge is -2.37. The van der Waals surface area contributed by atoms with Crippen molar-refractivity contribution in [2.45, 2.75) is 50.9 Å². The molecule has 0 spiro atoms. The van der Waals surface area contributed by atoms with Crippen LogP contribution in [0.4, 0.5) is 19.0 Å². The van der Waals surface area contributed by atoms with Crippen molar-refractivity contribution in [1.82, 2.24) is 20.0 Å². The van der Waals surface area contributed by atoms with Crippen molar-refractivity contribution < 1.29 is 27.4 Å². The number of hydrogen-bond acceptors (Lipinski definition) is 6. The minimum atomic E-state index is -2.67. The second-order valence-corrected chi connectivity index (χ2v) is 10.1. The van der Waals surface area contributed by atoms with Crippen molar-refractivity contribution in [2.75, 3.05) is 32.6 Å². The number of carbonyl (C=O) groups excluding carboxylic acids is 1. The van der Waals surface area contributed by atoms with E-state index in [1.165, 1.54) is 31.0 Å². The molecule has 216 valence electrons. The second-order valence-electron chi connectivity index (χ2n) is 10.1. The van der Waals surface area contributed by atoms with E-state index in [-0.39, 0.29) is 42.4 Å². The van der Waals surface area contributed by atoms with Gasteiger partial charge in [0.1, 0.15) is 17.7 Å². The zero-order chi connectivity index (χ0) is 27.8. The molecule has 0 saturated carbocycles. The maximum Gasteiger partial charge on any atom is 0.260 e. The van der Waals surface area contributed by atoms with E-state index in [0.717, 1.165) is 5.56 Å². The van der Waals surface area contributed by atoms with E-state index < -0.39 is 24.3 Å². The number of nitrogens with zero attached hydrogens (tertiary/aromatic N) is 3. The number of ether oxygens (including phenoxy) is 2. The van der Waals surface area contributed by atoms with Gasteiger partial charge in [-0.25, -0.2) is 17.9 Å². The zero-order valence-electron chi connectivity index (χ0n) is 22.7. The Labute approximate surface area is 237 Å². The van der Waals surface area contributed by atoms with Crippen LogP contribution in [0.1, 0.15) is 48.3 Å². The molecule has 0 bridgehead atoms. The Morgan fingerprint density at radius 1 is 1.07 bits per heavy atom. The van der Waals surface area contributed by atoms with E-state index in [1.807, 2.05) is 13.8 Å². The van der Waals surface area contributed by atoms with Gasteiger partial charge in [0.2, 0.25) is 0 Å². The summed E-state index contributed by atoms with van der Waals surface area (Å²) in [7, 11) is 3.04. The van der Waals surface area contributed by atoms with Gasteiger partial charge >= 0.3 is 0 Å². The first kappa shape index (κ1) is 29.5. The Bertz CT molecular complexity index is 1370. The fourth-order valence-corrected chi connectivity index (χ4v) is 5.28. The predicted molar refractivity (Wildman–Crippen MR) is 148 cm³/mol. The number of piperazine rings is 1. The maximum atomic E-state index is 15.2. The van der Waals surface area contributed by atoms with Crippen LogP contribution in [0.15, 0.2) is 42.5 Å². The number of anilines is 1. The maximum absolute atomic E-state index is 15.2. The summed E-state index contributed by atoms with van der Waals surface area (Å²) in [5, 5.41) is 11.0. The number of amides is 1. The third-order valence-electron chi connectivity index (χ3n) is 7.47. The number of rotatable bonds is 6. The van der Waals surface area contributed by atoms with Gasteiger partial charge in [-0.1, -0.05) is 12.1 Å². The number of alkyl halides is 2. The summed E-state index contributed by atoms with van der Waals surface area (Å²) in [6, 6.07) is 9.63. The summed E-state index contributed by atoms with van der Waals surface area (Å²) in [6.07, 6.45) is -2.58. The minimum Gasteiger partial charge on any atom is -0.493 e. The average molecular weight is 580 g/mol. The van der Waals surface area contributed by atoms with Crippen LogP contribution in [0.5, 0.6) is 11.5 Å². The quantitative estimate of drug-likeness (QED) is 0.412. The minimum absolute atomic E-state index is 0. The van der Waals surface area contributed by atoms with Crippen LogP contribution in [-0.2, 0) is 0 Å². The van der Waals surface area contributed by atoms with E-state index in [1.54, 1.807) is 35.2 Å². The molecule has 40 heavy (non-hydrogen) atoms. The number of benzene rings is 2. The van der Waals surface area contributed by atoms with Crippen molar-refractivity contribution in [3.8, 4) is 22.8 Å². The molecule has 4 atom stereocenters. The first-order valence-corrected chi connectivity index (χ1v) is 12.9. The van der Waals surface area contributed by atoms with E-state index in [9.17, 15) is 13.6 Å². The number of nitrogens with one attached hydrogen (secondary N) is 2. The van der Waals surface area contributed by atoms with Gasteiger partial charge in [-0.05, 0) is 50.1 Å². The highest BCUT2D eigenvalue weighted by molar-refractivity contribution is 5.95.